The van der Waals surface area contributed by atoms with Crippen LogP contribution >= 0.6 is 11.3 Å². The van der Waals surface area contributed by atoms with Crippen LogP contribution in [0.25, 0.3) is 0 Å². The molecule has 1 aromatic heterocycles. The van der Waals surface area contributed by atoms with E-state index in [1.165, 1.54) is 11.3 Å². The van der Waals surface area contributed by atoms with Gasteiger partial charge in [0.2, 0.25) is 5.91 Å². The van der Waals surface area contributed by atoms with Crippen molar-refractivity contribution in [2.24, 2.45) is 0 Å². The number of piperazine rings is 1. The summed E-state index contributed by atoms with van der Waals surface area (Å²) < 4.78 is 5.48. The largest absolute Gasteiger partial charge is 0.368 e. The van der Waals surface area contributed by atoms with E-state index in [1.807, 2.05) is 27.3 Å². The van der Waals surface area contributed by atoms with Gasteiger partial charge < -0.3 is 19.4 Å². The molecule has 3 amide bonds. The molecule has 8 heteroatoms. The van der Waals surface area contributed by atoms with Crippen LogP contribution in [0.15, 0.2) is 17.5 Å². The first-order valence-electron chi connectivity index (χ1n) is 9.69. The molecular formula is C19H25N3O4S. The van der Waals surface area contributed by atoms with Crippen molar-refractivity contribution in [3.05, 3.63) is 22.4 Å². The maximum absolute atomic E-state index is 13.0. The zero-order valence-electron chi connectivity index (χ0n) is 15.3. The van der Waals surface area contributed by atoms with Gasteiger partial charge in [-0.2, -0.15) is 0 Å². The Kier molecular flexibility index (Phi) is 5.45. The minimum absolute atomic E-state index is 0.0154. The van der Waals surface area contributed by atoms with Crippen LogP contribution in [0.3, 0.4) is 0 Å². The van der Waals surface area contributed by atoms with Gasteiger partial charge in [0.05, 0.1) is 4.88 Å². The number of carbonyl (C=O) groups is 3. The quantitative estimate of drug-likeness (QED) is 0.776. The molecule has 4 rings (SSSR count). The fourth-order valence-electron chi connectivity index (χ4n) is 4.14. The first-order valence-corrected chi connectivity index (χ1v) is 10.6. The second kappa shape index (κ2) is 7.98. The van der Waals surface area contributed by atoms with Crippen LogP contribution < -0.4 is 0 Å². The van der Waals surface area contributed by atoms with Crippen molar-refractivity contribution in [3.8, 4) is 0 Å². The standard InChI is InChI=1S/C19H25N3O4S/c23-17(14-4-1-7-22(14)19(25)16-6-3-13-27-16)20-8-10-21(11-9-20)18(24)15-5-2-12-26-15/h3,6,13-15H,1-2,4-5,7-12H2/t14-,15?/m0/s1. The highest BCUT2D eigenvalue weighted by Crippen LogP contribution is 2.24. The zero-order valence-corrected chi connectivity index (χ0v) is 16.2. The Balaban J connectivity index is 1.34. The Hall–Kier alpha value is -1.93. The van der Waals surface area contributed by atoms with Crippen LogP contribution in [0.1, 0.15) is 35.4 Å². The van der Waals surface area contributed by atoms with Gasteiger partial charge in [-0.05, 0) is 37.1 Å². The molecule has 146 valence electrons. The van der Waals surface area contributed by atoms with E-state index in [1.54, 1.807) is 4.90 Å². The number of hydrogen-bond donors (Lipinski definition) is 0. The van der Waals surface area contributed by atoms with E-state index in [4.69, 9.17) is 4.74 Å². The summed E-state index contributed by atoms with van der Waals surface area (Å²) in [6, 6.07) is 3.29. The highest BCUT2D eigenvalue weighted by Gasteiger charge is 2.39. The maximum Gasteiger partial charge on any atom is 0.264 e. The van der Waals surface area contributed by atoms with Crippen molar-refractivity contribution in [1.29, 1.82) is 0 Å². The molecule has 0 bridgehead atoms. The van der Waals surface area contributed by atoms with Crippen molar-refractivity contribution < 1.29 is 19.1 Å². The average Bonchev–Trinajstić information content (AvgIpc) is 3.48. The van der Waals surface area contributed by atoms with Crippen LogP contribution in [0.4, 0.5) is 0 Å². The molecule has 4 heterocycles. The van der Waals surface area contributed by atoms with Crippen LogP contribution in [-0.2, 0) is 14.3 Å². The minimum Gasteiger partial charge on any atom is -0.368 e. The Morgan fingerprint density at radius 2 is 1.70 bits per heavy atom. The third kappa shape index (κ3) is 3.73. The molecule has 3 saturated heterocycles. The Morgan fingerprint density at radius 1 is 0.963 bits per heavy atom. The van der Waals surface area contributed by atoms with Gasteiger partial charge in [-0.25, -0.2) is 0 Å². The number of carbonyl (C=O) groups excluding carboxylic acids is 3. The van der Waals surface area contributed by atoms with Crippen molar-refractivity contribution in [2.45, 2.75) is 37.8 Å². The number of hydrogen-bond acceptors (Lipinski definition) is 5. The molecule has 0 N–H and O–H groups in total. The molecule has 0 saturated carbocycles. The number of nitrogens with zero attached hydrogens (tertiary/aromatic N) is 3. The summed E-state index contributed by atoms with van der Waals surface area (Å²) in [6.07, 6.45) is 2.99. The molecule has 2 atom stereocenters. The SMILES string of the molecule is O=C(C1CCCO1)N1CCN(C(=O)[C@@H]2CCCN2C(=O)c2cccs2)CC1. The molecule has 3 aliphatic rings. The van der Waals surface area contributed by atoms with Crippen molar-refractivity contribution in [3.63, 3.8) is 0 Å². The third-order valence-electron chi connectivity index (χ3n) is 5.64. The van der Waals surface area contributed by atoms with E-state index in [2.05, 4.69) is 0 Å². The smallest absolute Gasteiger partial charge is 0.264 e. The number of rotatable bonds is 3. The zero-order chi connectivity index (χ0) is 18.8. The molecule has 0 spiro atoms. The van der Waals surface area contributed by atoms with E-state index in [9.17, 15) is 14.4 Å². The van der Waals surface area contributed by atoms with Gasteiger partial charge >= 0.3 is 0 Å². The van der Waals surface area contributed by atoms with Gasteiger partial charge in [0, 0.05) is 39.3 Å². The molecular weight excluding hydrogens is 366 g/mol. The van der Waals surface area contributed by atoms with Crippen molar-refractivity contribution in [1.82, 2.24) is 14.7 Å². The predicted molar refractivity (Wildman–Crippen MR) is 101 cm³/mol. The average molecular weight is 391 g/mol. The number of amides is 3. The van der Waals surface area contributed by atoms with Crippen LogP contribution in [0, 0.1) is 0 Å². The van der Waals surface area contributed by atoms with Gasteiger partial charge in [-0.15, -0.1) is 11.3 Å². The predicted octanol–water partition coefficient (Wildman–Crippen LogP) is 1.20. The summed E-state index contributed by atoms with van der Waals surface area (Å²) in [5.41, 5.74) is 0. The van der Waals surface area contributed by atoms with Gasteiger partial charge in [0.1, 0.15) is 12.1 Å². The van der Waals surface area contributed by atoms with Gasteiger partial charge in [-0.3, -0.25) is 14.4 Å². The lowest BCUT2D eigenvalue weighted by Gasteiger charge is -2.38. The molecule has 0 aliphatic carbocycles. The second-order valence-corrected chi connectivity index (χ2v) is 8.23. The third-order valence-corrected chi connectivity index (χ3v) is 6.50. The van der Waals surface area contributed by atoms with E-state index < -0.39 is 0 Å². The Morgan fingerprint density at radius 3 is 2.33 bits per heavy atom. The van der Waals surface area contributed by atoms with Crippen LogP contribution in [0.2, 0.25) is 0 Å². The van der Waals surface area contributed by atoms with E-state index in [0.717, 1.165) is 19.3 Å². The summed E-state index contributed by atoms with van der Waals surface area (Å²) in [5, 5.41) is 1.88. The fourth-order valence-corrected chi connectivity index (χ4v) is 4.82. The van der Waals surface area contributed by atoms with Crippen molar-refractivity contribution >= 4 is 29.1 Å². The monoisotopic (exact) mass is 391 g/mol. The van der Waals surface area contributed by atoms with Gasteiger partial charge in [0.25, 0.3) is 11.8 Å². The lowest BCUT2D eigenvalue weighted by atomic mass is 10.1. The number of likely N-dealkylation sites (tertiary alicyclic amines) is 1. The topological polar surface area (TPSA) is 70.2 Å². The molecule has 0 radical (unpaired) electrons. The number of thiophene rings is 1. The van der Waals surface area contributed by atoms with Gasteiger partial charge in [0.15, 0.2) is 0 Å². The molecule has 1 aromatic rings. The summed E-state index contributed by atoms with van der Waals surface area (Å²) in [4.78, 5) is 44.2. The Labute approximate surface area is 162 Å². The summed E-state index contributed by atoms with van der Waals surface area (Å²) in [6.45, 7) is 3.41. The summed E-state index contributed by atoms with van der Waals surface area (Å²) in [5.74, 6) is 0.0182. The van der Waals surface area contributed by atoms with E-state index >= 15 is 0 Å². The molecule has 1 unspecified atom stereocenters. The van der Waals surface area contributed by atoms with Crippen LogP contribution in [-0.4, -0.2) is 83.9 Å². The fraction of sp³-hybridized carbons (Fsp3) is 0.632. The molecule has 3 aliphatic heterocycles. The highest BCUT2D eigenvalue weighted by molar-refractivity contribution is 7.12. The second-order valence-electron chi connectivity index (χ2n) is 7.29. The molecule has 27 heavy (non-hydrogen) atoms. The van der Waals surface area contributed by atoms with Crippen LogP contribution in [0.5, 0.6) is 0 Å². The first-order chi connectivity index (χ1) is 13.1. The summed E-state index contributed by atoms with van der Waals surface area (Å²) >= 11 is 1.41. The molecule has 3 fully saturated rings. The van der Waals surface area contributed by atoms with E-state index in [0.29, 0.717) is 50.6 Å². The van der Waals surface area contributed by atoms with E-state index in [-0.39, 0.29) is 29.9 Å². The maximum atomic E-state index is 13.0. The lowest BCUT2D eigenvalue weighted by molar-refractivity contribution is -0.147. The first kappa shape index (κ1) is 18.4. The normalized spacial score (nSPS) is 25.9. The van der Waals surface area contributed by atoms with Gasteiger partial charge in [-0.1, -0.05) is 6.07 Å². The molecule has 0 aromatic carbocycles. The summed E-state index contributed by atoms with van der Waals surface area (Å²) in [7, 11) is 0. The van der Waals surface area contributed by atoms with Crippen molar-refractivity contribution in [2.75, 3.05) is 39.3 Å². The number of ether oxygens (including phenoxy) is 1. The minimum atomic E-state index is -0.375. The lowest BCUT2D eigenvalue weighted by Crippen LogP contribution is -2.56. The molecule has 7 nitrogen and oxygen atoms in total. The Bertz CT molecular complexity index is 694. The highest BCUT2D eigenvalue weighted by atomic mass is 32.1.